The van der Waals surface area contributed by atoms with Gasteiger partial charge in [-0.05, 0) is 26.1 Å². The molecule has 2 N–H and O–H groups in total. The van der Waals surface area contributed by atoms with Gasteiger partial charge in [-0.1, -0.05) is 13.8 Å². The van der Waals surface area contributed by atoms with E-state index in [2.05, 4.69) is 39.3 Å². The highest BCUT2D eigenvalue weighted by Crippen LogP contribution is 1.94. The van der Waals surface area contributed by atoms with E-state index in [0.717, 1.165) is 78.0 Å². The van der Waals surface area contributed by atoms with Crippen molar-refractivity contribution in [3.63, 3.8) is 0 Å². The van der Waals surface area contributed by atoms with E-state index in [9.17, 15) is 0 Å². The van der Waals surface area contributed by atoms with Crippen LogP contribution in [0, 0.1) is 0 Å². The van der Waals surface area contributed by atoms with Crippen LogP contribution in [0.2, 0.25) is 0 Å². The lowest BCUT2D eigenvalue weighted by molar-refractivity contribution is 0.0389. The van der Waals surface area contributed by atoms with Gasteiger partial charge in [0.1, 0.15) is 0 Å². The fourth-order valence-electron chi connectivity index (χ4n) is 2.43. The van der Waals surface area contributed by atoms with Gasteiger partial charge in [0.25, 0.3) is 0 Å². The van der Waals surface area contributed by atoms with E-state index >= 15 is 0 Å². The van der Waals surface area contributed by atoms with Crippen molar-refractivity contribution < 1.29 is 4.74 Å². The van der Waals surface area contributed by atoms with E-state index in [1.165, 1.54) is 0 Å². The van der Waals surface area contributed by atoms with Crippen LogP contribution in [-0.4, -0.2) is 88.4 Å². The Morgan fingerprint density at radius 2 is 1.77 bits per heavy atom. The van der Waals surface area contributed by atoms with Crippen molar-refractivity contribution in [3.05, 3.63) is 0 Å². The lowest BCUT2D eigenvalue weighted by Gasteiger charge is -2.26. The molecule has 132 valence electrons. The summed E-state index contributed by atoms with van der Waals surface area (Å²) < 4.78 is 5.35. The lowest BCUT2D eigenvalue weighted by atomic mass is 10.3. The van der Waals surface area contributed by atoms with Gasteiger partial charge in [0.2, 0.25) is 0 Å². The van der Waals surface area contributed by atoms with Gasteiger partial charge in [-0.2, -0.15) is 0 Å². The Balaban J connectivity index is 0.00000441. The van der Waals surface area contributed by atoms with Crippen molar-refractivity contribution in [2.45, 2.75) is 20.3 Å². The minimum Gasteiger partial charge on any atom is -0.379 e. The van der Waals surface area contributed by atoms with Crippen molar-refractivity contribution >= 4 is 29.9 Å². The van der Waals surface area contributed by atoms with E-state index in [1.807, 2.05) is 7.05 Å². The van der Waals surface area contributed by atoms with Crippen LogP contribution in [0.1, 0.15) is 20.3 Å². The monoisotopic (exact) mass is 427 g/mol. The lowest BCUT2D eigenvalue weighted by Crippen LogP contribution is -2.44. The third-order valence-electron chi connectivity index (χ3n) is 3.89. The molecule has 0 atom stereocenters. The smallest absolute Gasteiger partial charge is 0.191 e. The van der Waals surface area contributed by atoms with Gasteiger partial charge in [-0.15, -0.1) is 24.0 Å². The molecule has 0 radical (unpaired) electrons. The fourth-order valence-corrected chi connectivity index (χ4v) is 2.43. The predicted molar refractivity (Wildman–Crippen MR) is 104 cm³/mol. The molecule has 0 saturated carbocycles. The number of nitrogens with one attached hydrogen (secondary N) is 2. The number of halogens is 1. The molecule has 0 aliphatic carbocycles. The molecule has 22 heavy (non-hydrogen) atoms. The van der Waals surface area contributed by atoms with Crippen molar-refractivity contribution in [2.24, 2.45) is 4.99 Å². The molecule has 0 aromatic heterocycles. The largest absolute Gasteiger partial charge is 0.379 e. The molecule has 0 bridgehead atoms. The van der Waals surface area contributed by atoms with E-state index in [0.29, 0.717) is 0 Å². The zero-order chi connectivity index (χ0) is 15.3. The zero-order valence-electron chi connectivity index (χ0n) is 14.4. The number of hydrogen-bond acceptors (Lipinski definition) is 4. The molecule has 6 nitrogen and oxygen atoms in total. The van der Waals surface area contributed by atoms with Crippen molar-refractivity contribution in [3.8, 4) is 0 Å². The minimum absolute atomic E-state index is 0. The van der Waals surface area contributed by atoms with E-state index in [1.54, 1.807) is 0 Å². The maximum atomic E-state index is 5.35. The fraction of sp³-hybridized carbons (Fsp3) is 0.933. The minimum atomic E-state index is 0. The SMILES string of the molecule is CCN(CC)CCCNC(=NC)NCCN1CCOCC1.I. The molecule has 1 heterocycles. The van der Waals surface area contributed by atoms with Crippen LogP contribution in [0.3, 0.4) is 0 Å². The molecule has 7 heteroatoms. The molecule has 1 fully saturated rings. The van der Waals surface area contributed by atoms with E-state index in [-0.39, 0.29) is 24.0 Å². The Labute approximate surface area is 153 Å². The average Bonchev–Trinajstić information content (AvgIpc) is 2.54. The van der Waals surface area contributed by atoms with Crippen LogP contribution in [-0.2, 0) is 4.74 Å². The summed E-state index contributed by atoms with van der Waals surface area (Å²) in [5, 5.41) is 6.76. The second-order valence-electron chi connectivity index (χ2n) is 5.26. The topological polar surface area (TPSA) is 52.1 Å². The summed E-state index contributed by atoms with van der Waals surface area (Å²) in [6, 6.07) is 0. The average molecular weight is 427 g/mol. The van der Waals surface area contributed by atoms with Gasteiger partial charge in [-0.3, -0.25) is 9.89 Å². The first-order valence-electron chi connectivity index (χ1n) is 8.27. The first-order valence-corrected chi connectivity index (χ1v) is 8.27. The molecule has 1 aliphatic rings. The maximum absolute atomic E-state index is 5.35. The molecule has 0 unspecified atom stereocenters. The Bertz CT molecular complexity index is 281. The van der Waals surface area contributed by atoms with Crippen LogP contribution in [0.25, 0.3) is 0 Å². The Hall–Kier alpha value is -0.120. The van der Waals surface area contributed by atoms with Crippen LogP contribution in [0.4, 0.5) is 0 Å². The summed E-state index contributed by atoms with van der Waals surface area (Å²) >= 11 is 0. The number of rotatable bonds is 9. The second-order valence-corrected chi connectivity index (χ2v) is 5.26. The number of aliphatic imine (C=N–C) groups is 1. The van der Waals surface area contributed by atoms with Gasteiger partial charge >= 0.3 is 0 Å². The quantitative estimate of drug-likeness (QED) is 0.247. The second kappa shape index (κ2) is 14.5. The number of nitrogens with zero attached hydrogens (tertiary/aromatic N) is 3. The van der Waals surface area contributed by atoms with Crippen molar-refractivity contribution in [1.82, 2.24) is 20.4 Å². The molecule has 1 rings (SSSR count). The Morgan fingerprint density at radius 1 is 1.14 bits per heavy atom. The third-order valence-corrected chi connectivity index (χ3v) is 3.89. The van der Waals surface area contributed by atoms with Crippen molar-refractivity contribution in [1.29, 1.82) is 0 Å². The van der Waals surface area contributed by atoms with Gasteiger partial charge in [0, 0.05) is 39.8 Å². The summed E-state index contributed by atoms with van der Waals surface area (Å²) in [6.45, 7) is 14.6. The highest BCUT2D eigenvalue weighted by molar-refractivity contribution is 14.0. The maximum Gasteiger partial charge on any atom is 0.191 e. The summed E-state index contributed by atoms with van der Waals surface area (Å²) in [6.07, 6.45) is 1.14. The molecule has 1 saturated heterocycles. The van der Waals surface area contributed by atoms with Gasteiger partial charge in [0.05, 0.1) is 13.2 Å². The number of guanidine groups is 1. The first-order chi connectivity index (χ1) is 10.3. The van der Waals surface area contributed by atoms with Crippen LogP contribution in [0.5, 0.6) is 0 Å². The predicted octanol–water partition coefficient (Wildman–Crippen LogP) is 0.834. The van der Waals surface area contributed by atoms with Gasteiger partial charge < -0.3 is 20.3 Å². The molecule has 0 amide bonds. The first kappa shape index (κ1) is 21.9. The number of ether oxygens (including phenoxy) is 1. The molecule has 0 aromatic carbocycles. The number of hydrogen-bond donors (Lipinski definition) is 2. The van der Waals surface area contributed by atoms with E-state index < -0.39 is 0 Å². The standard InChI is InChI=1S/C15H33N5O.HI/c1-4-19(5-2)9-6-7-17-15(16-3)18-8-10-20-11-13-21-14-12-20;/h4-14H2,1-3H3,(H2,16,17,18);1H. The van der Waals surface area contributed by atoms with Crippen molar-refractivity contribution in [2.75, 3.05) is 72.6 Å². The molecule has 0 aromatic rings. The van der Waals surface area contributed by atoms with Crippen LogP contribution >= 0.6 is 24.0 Å². The zero-order valence-corrected chi connectivity index (χ0v) is 16.8. The van der Waals surface area contributed by atoms with Crippen LogP contribution in [0.15, 0.2) is 4.99 Å². The molecule has 1 aliphatic heterocycles. The summed E-state index contributed by atoms with van der Waals surface area (Å²) in [5.41, 5.74) is 0. The summed E-state index contributed by atoms with van der Waals surface area (Å²) in [7, 11) is 1.83. The third kappa shape index (κ3) is 9.81. The van der Waals surface area contributed by atoms with Crippen LogP contribution < -0.4 is 10.6 Å². The number of morpholine rings is 1. The normalized spacial score (nSPS) is 16.5. The molecular weight excluding hydrogens is 393 g/mol. The van der Waals surface area contributed by atoms with E-state index in [4.69, 9.17) is 4.74 Å². The Morgan fingerprint density at radius 3 is 2.36 bits per heavy atom. The summed E-state index contributed by atoms with van der Waals surface area (Å²) in [4.78, 5) is 9.13. The molecular formula is C15H34IN5O. The highest BCUT2D eigenvalue weighted by atomic mass is 127. The molecule has 0 spiro atoms. The summed E-state index contributed by atoms with van der Waals surface area (Å²) in [5.74, 6) is 0.905. The Kier molecular flexibility index (Phi) is 14.4. The van der Waals surface area contributed by atoms with Gasteiger partial charge in [-0.25, -0.2) is 0 Å². The van der Waals surface area contributed by atoms with Gasteiger partial charge in [0.15, 0.2) is 5.96 Å². The highest BCUT2D eigenvalue weighted by Gasteiger charge is 2.09.